The van der Waals surface area contributed by atoms with E-state index in [-0.39, 0.29) is 0 Å². The molecule has 15 heavy (non-hydrogen) atoms. The van der Waals surface area contributed by atoms with Gasteiger partial charge in [0.1, 0.15) is 11.6 Å². The molecule has 0 radical (unpaired) electrons. The van der Waals surface area contributed by atoms with Crippen molar-refractivity contribution in [2.75, 3.05) is 0 Å². The van der Waals surface area contributed by atoms with Crippen LogP contribution in [0.2, 0.25) is 0 Å². The average molecular weight is 206 g/mol. The third kappa shape index (κ3) is 1.44. The molecule has 6 nitrogen and oxygen atoms in total. The second-order valence-corrected chi connectivity index (χ2v) is 3.24. The van der Waals surface area contributed by atoms with Crippen LogP contribution in [-0.4, -0.2) is 25.6 Å². The number of carboxylic acid groups (broad SMARTS) is 1. The van der Waals surface area contributed by atoms with Crippen molar-refractivity contribution in [3.63, 3.8) is 0 Å². The number of imidazole rings is 1. The molecule has 0 spiro atoms. The van der Waals surface area contributed by atoms with Gasteiger partial charge in [-0.25, -0.2) is 9.97 Å². The van der Waals surface area contributed by atoms with Crippen molar-refractivity contribution in [3.05, 3.63) is 24.2 Å². The normalized spacial score (nSPS) is 12.9. The summed E-state index contributed by atoms with van der Waals surface area (Å²) >= 11 is 0. The molecular weight excluding hydrogens is 196 g/mol. The van der Waals surface area contributed by atoms with Gasteiger partial charge in [-0.3, -0.25) is 4.79 Å². The number of hydrogen-bond acceptors (Lipinski definition) is 4. The van der Waals surface area contributed by atoms with Crippen molar-refractivity contribution in [1.29, 1.82) is 0 Å². The quantitative estimate of drug-likeness (QED) is 0.724. The lowest BCUT2D eigenvalue weighted by molar-refractivity contribution is -0.138. The number of aromatic nitrogens is 3. The maximum atomic E-state index is 10.8. The molecule has 78 valence electrons. The zero-order chi connectivity index (χ0) is 11.0. The fraction of sp³-hybridized carbons (Fsp3) is 0.222. The monoisotopic (exact) mass is 206 g/mol. The van der Waals surface area contributed by atoms with Crippen LogP contribution in [0.5, 0.6) is 0 Å². The van der Waals surface area contributed by atoms with Crippen LogP contribution < -0.4 is 5.73 Å². The summed E-state index contributed by atoms with van der Waals surface area (Å²) in [6.45, 7) is 0. The number of fused-ring (bicyclic) bond motifs is 1. The Balaban J connectivity index is 2.66. The highest BCUT2D eigenvalue weighted by Crippen LogP contribution is 2.19. The summed E-state index contributed by atoms with van der Waals surface area (Å²) in [5.41, 5.74) is 7.18. The fourth-order valence-corrected chi connectivity index (χ4v) is 1.43. The summed E-state index contributed by atoms with van der Waals surface area (Å²) in [6.07, 6.45) is 3.11. The predicted molar refractivity (Wildman–Crippen MR) is 53.1 cm³/mol. The van der Waals surface area contributed by atoms with Gasteiger partial charge in [0, 0.05) is 18.8 Å². The molecule has 1 atom stereocenters. The molecule has 2 heterocycles. The summed E-state index contributed by atoms with van der Waals surface area (Å²) in [6, 6.07) is 0.513. The van der Waals surface area contributed by atoms with Gasteiger partial charge in [-0.05, 0) is 6.07 Å². The van der Waals surface area contributed by atoms with Gasteiger partial charge in [-0.1, -0.05) is 0 Å². The predicted octanol–water partition coefficient (Wildman–Crippen LogP) is 0.0527. The lowest BCUT2D eigenvalue weighted by Gasteiger charge is -2.06. The Labute approximate surface area is 85.4 Å². The highest BCUT2D eigenvalue weighted by atomic mass is 16.4. The van der Waals surface area contributed by atoms with E-state index >= 15 is 0 Å². The molecule has 2 aromatic heterocycles. The van der Waals surface area contributed by atoms with E-state index in [1.54, 1.807) is 24.0 Å². The molecule has 2 rings (SSSR count). The van der Waals surface area contributed by atoms with Crippen LogP contribution in [0.25, 0.3) is 11.2 Å². The molecule has 0 aromatic carbocycles. The Kier molecular flexibility index (Phi) is 2.12. The van der Waals surface area contributed by atoms with E-state index < -0.39 is 12.0 Å². The number of rotatable bonds is 2. The number of aliphatic carboxylic acids is 1. The molecular formula is C9H10N4O2. The van der Waals surface area contributed by atoms with E-state index in [0.717, 1.165) is 0 Å². The lowest BCUT2D eigenvalue weighted by Crippen LogP contribution is -2.21. The first-order valence-corrected chi connectivity index (χ1v) is 4.35. The lowest BCUT2D eigenvalue weighted by atomic mass is 10.1. The molecule has 6 heteroatoms. The van der Waals surface area contributed by atoms with E-state index in [9.17, 15) is 4.79 Å². The number of carbonyl (C=O) groups is 1. The number of hydrogen-bond donors (Lipinski definition) is 2. The first-order chi connectivity index (χ1) is 7.11. The minimum Gasteiger partial charge on any atom is -0.480 e. The number of carboxylic acids is 1. The third-order valence-corrected chi connectivity index (χ3v) is 2.23. The molecule has 0 aliphatic carbocycles. The molecule has 0 aliphatic heterocycles. The van der Waals surface area contributed by atoms with E-state index in [1.807, 2.05) is 0 Å². The topological polar surface area (TPSA) is 94.0 Å². The van der Waals surface area contributed by atoms with Crippen LogP contribution in [0, 0.1) is 0 Å². The van der Waals surface area contributed by atoms with Gasteiger partial charge in [0.05, 0.1) is 6.33 Å². The zero-order valence-corrected chi connectivity index (χ0v) is 8.08. The fourth-order valence-electron chi connectivity index (χ4n) is 1.43. The molecule has 1 unspecified atom stereocenters. The maximum Gasteiger partial charge on any atom is 0.325 e. The van der Waals surface area contributed by atoms with Crippen LogP contribution >= 0.6 is 0 Å². The molecule has 0 saturated carbocycles. The largest absolute Gasteiger partial charge is 0.480 e. The summed E-state index contributed by atoms with van der Waals surface area (Å²) in [5.74, 6) is -1.08. The van der Waals surface area contributed by atoms with Gasteiger partial charge in [0.25, 0.3) is 0 Å². The number of pyridine rings is 1. The first-order valence-electron chi connectivity index (χ1n) is 4.35. The number of nitrogens with zero attached hydrogens (tertiary/aromatic N) is 3. The number of nitrogens with two attached hydrogens (primary N) is 1. The summed E-state index contributed by atoms with van der Waals surface area (Å²) in [4.78, 5) is 18.9. The van der Waals surface area contributed by atoms with Crippen LogP contribution in [-0.2, 0) is 11.8 Å². The standard InChI is InChI=1S/C9H10N4O2/c1-13-4-12-7-5(6(10)9(14)15)2-3-11-8(7)13/h2-4,6H,10H2,1H3,(H,14,15). The average Bonchev–Trinajstić information content (AvgIpc) is 2.59. The second-order valence-electron chi connectivity index (χ2n) is 3.24. The Bertz CT molecular complexity index is 520. The van der Waals surface area contributed by atoms with E-state index in [4.69, 9.17) is 10.8 Å². The molecule has 0 amide bonds. The van der Waals surface area contributed by atoms with Gasteiger partial charge < -0.3 is 15.4 Å². The van der Waals surface area contributed by atoms with Crippen molar-refractivity contribution >= 4 is 17.1 Å². The maximum absolute atomic E-state index is 10.8. The number of aryl methyl sites for hydroxylation is 1. The summed E-state index contributed by atoms with van der Waals surface area (Å²) in [7, 11) is 1.79. The van der Waals surface area contributed by atoms with Crippen LogP contribution in [0.15, 0.2) is 18.6 Å². The summed E-state index contributed by atoms with van der Waals surface area (Å²) < 4.78 is 1.72. The minimum atomic E-state index is -1.08. The van der Waals surface area contributed by atoms with Crippen molar-refractivity contribution in [1.82, 2.24) is 14.5 Å². The molecule has 0 fully saturated rings. The van der Waals surface area contributed by atoms with Crippen LogP contribution in [0.1, 0.15) is 11.6 Å². The van der Waals surface area contributed by atoms with Crippen molar-refractivity contribution in [3.8, 4) is 0 Å². The van der Waals surface area contributed by atoms with E-state index in [0.29, 0.717) is 16.7 Å². The van der Waals surface area contributed by atoms with E-state index in [2.05, 4.69) is 9.97 Å². The van der Waals surface area contributed by atoms with Gasteiger partial charge in [-0.15, -0.1) is 0 Å². The van der Waals surface area contributed by atoms with E-state index in [1.165, 1.54) is 6.20 Å². The van der Waals surface area contributed by atoms with Gasteiger partial charge in [0.2, 0.25) is 0 Å². The Hall–Kier alpha value is -1.95. The SMILES string of the molecule is Cn1cnc2c(C(N)C(=O)O)ccnc21. The van der Waals surface area contributed by atoms with Crippen molar-refractivity contribution < 1.29 is 9.90 Å². The van der Waals surface area contributed by atoms with Gasteiger partial charge in [0.15, 0.2) is 5.65 Å². The highest BCUT2D eigenvalue weighted by Gasteiger charge is 2.18. The molecule has 0 bridgehead atoms. The molecule has 0 aliphatic rings. The summed E-state index contributed by atoms with van der Waals surface area (Å²) in [5, 5.41) is 8.82. The van der Waals surface area contributed by atoms with Gasteiger partial charge >= 0.3 is 5.97 Å². The molecule has 0 saturated heterocycles. The van der Waals surface area contributed by atoms with Gasteiger partial charge in [-0.2, -0.15) is 0 Å². The molecule has 3 N–H and O–H groups in total. The Morgan fingerprint density at radius 2 is 2.33 bits per heavy atom. The minimum absolute atomic E-state index is 0.480. The van der Waals surface area contributed by atoms with Crippen molar-refractivity contribution in [2.45, 2.75) is 6.04 Å². The Morgan fingerprint density at radius 1 is 1.60 bits per heavy atom. The Morgan fingerprint density at radius 3 is 3.00 bits per heavy atom. The smallest absolute Gasteiger partial charge is 0.325 e. The third-order valence-electron chi connectivity index (χ3n) is 2.23. The highest BCUT2D eigenvalue weighted by molar-refractivity contribution is 5.84. The first kappa shape index (κ1) is 9.60. The zero-order valence-electron chi connectivity index (χ0n) is 8.08. The van der Waals surface area contributed by atoms with Crippen LogP contribution in [0.3, 0.4) is 0 Å². The van der Waals surface area contributed by atoms with Crippen molar-refractivity contribution in [2.24, 2.45) is 12.8 Å². The van der Waals surface area contributed by atoms with Crippen LogP contribution in [0.4, 0.5) is 0 Å². The molecule has 2 aromatic rings. The second kappa shape index (κ2) is 3.32.